The van der Waals surface area contributed by atoms with Gasteiger partial charge in [-0.2, -0.15) is 12.6 Å². The predicted octanol–water partition coefficient (Wildman–Crippen LogP) is 0.145. The minimum Gasteiger partial charge on any atom is -0.480 e. The molecule has 0 aliphatic carbocycles. The van der Waals surface area contributed by atoms with Crippen LogP contribution in [0.5, 0.6) is 0 Å². The van der Waals surface area contributed by atoms with Crippen molar-refractivity contribution >= 4 is 18.6 Å². The molecule has 10 heavy (non-hydrogen) atoms. The molecule has 0 rings (SSSR count). The van der Waals surface area contributed by atoms with Crippen molar-refractivity contribution in [2.45, 2.75) is 6.04 Å². The summed E-state index contributed by atoms with van der Waals surface area (Å²) in [4.78, 5) is 10.3. The molecular formula is C6H11NO2S. The van der Waals surface area contributed by atoms with Crippen LogP contribution in [0.15, 0.2) is 12.7 Å². The third-order valence-corrected chi connectivity index (χ3v) is 1.35. The first-order valence-corrected chi connectivity index (χ1v) is 3.53. The summed E-state index contributed by atoms with van der Waals surface area (Å²) in [5.41, 5.74) is 0. The van der Waals surface area contributed by atoms with Crippen molar-refractivity contribution in [3.8, 4) is 0 Å². The molecule has 1 atom stereocenters. The van der Waals surface area contributed by atoms with Crippen LogP contribution in [-0.4, -0.2) is 29.4 Å². The van der Waals surface area contributed by atoms with E-state index in [4.69, 9.17) is 5.11 Å². The highest BCUT2D eigenvalue weighted by molar-refractivity contribution is 7.80. The van der Waals surface area contributed by atoms with Crippen molar-refractivity contribution in [3.63, 3.8) is 0 Å². The van der Waals surface area contributed by atoms with Crippen LogP contribution in [0.4, 0.5) is 0 Å². The van der Waals surface area contributed by atoms with E-state index < -0.39 is 12.0 Å². The second-order valence-corrected chi connectivity index (χ2v) is 2.14. The van der Waals surface area contributed by atoms with E-state index in [-0.39, 0.29) is 0 Å². The predicted molar refractivity (Wildman–Crippen MR) is 43.5 cm³/mol. The number of hydrogen-bond acceptors (Lipinski definition) is 3. The molecule has 0 aliphatic rings. The number of hydrogen-bond donors (Lipinski definition) is 3. The Kier molecular flexibility index (Phi) is 5.06. The smallest absolute Gasteiger partial charge is 0.321 e. The van der Waals surface area contributed by atoms with E-state index >= 15 is 0 Å². The molecule has 0 radical (unpaired) electrons. The quantitative estimate of drug-likeness (QED) is 0.397. The number of carboxylic acids is 1. The molecule has 0 saturated carbocycles. The normalized spacial score (nSPS) is 12.5. The number of nitrogens with one attached hydrogen (secondary N) is 1. The molecule has 0 unspecified atom stereocenters. The zero-order valence-corrected chi connectivity index (χ0v) is 6.47. The third-order valence-electron chi connectivity index (χ3n) is 0.989. The summed E-state index contributed by atoms with van der Waals surface area (Å²) in [5, 5.41) is 11.2. The second kappa shape index (κ2) is 5.32. The largest absolute Gasteiger partial charge is 0.480 e. The van der Waals surface area contributed by atoms with Gasteiger partial charge in [0.1, 0.15) is 6.04 Å². The SMILES string of the molecule is C=CCN[C@H](CS)C(=O)O. The van der Waals surface area contributed by atoms with Crippen LogP contribution in [0, 0.1) is 0 Å². The van der Waals surface area contributed by atoms with Crippen molar-refractivity contribution in [2.75, 3.05) is 12.3 Å². The first-order valence-electron chi connectivity index (χ1n) is 2.90. The van der Waals surface area contributed by atoms with Crippen LogP contribution in [0.1, 0.15) is 0 Å². The van der Waals surface area contributed by atoms with Gasteiger partial charge in [-0.3, -0.25) is 4.79 Å². The van der Waals surface area contributed by atoms with Gasteiger partial charge in [0.2, 0.25) is 0 Å². The van der Waals surface area contributed by atoms with E-state index in [9.17, 15) is 4.79 Å². The lowest BCUT2D eigenvalue weighted by Gasteiger charge is -2.08. The van der Waals surface area contributed by atoms with Crippen molar-refractivity contribution in [1.82, 2.24) is 5.32 Å². The fourth-order valence-electron chi connectivity index (χ4n) is 0.456. The number of thiol groups is 1. The molecule has 0 aromatic heterocycles. The maximum absolute atomic E-state index is 10.3. The van der Waals surface area contributed by atoms with Gasteiger partial charge >= 0.3 is 5.97 Å². The molecule has 0 amide bonds. The Hall–Kier alpha value is -0.480. The van der Waals surface area contributed by atoms with Crippen LogP contribution >= 0.6 is 12.6 Å². The maximum atomic E-state index is 10.3. The molecule has 0 aromatic rings. The molecule has 0 bridgehead atoms. The van der Waals surface area contributed by atoms with Gasteiger partial charge in [0.15, 0.2) is 0 Å². The van der Waals surface area contributed by atoms with Gasteiger partial charge in [-0.05, 0) is 0 Å². The van der Waals surface area contributed by atoms with E-state index in [0.29, 0.717) is 12.3 Å². The van der Waals surface area contributed by atoms with E-state index in [0.717, 1.165) is 0 Å². The lowest BCUT2D eigenvalue weighted by molar-refractivity contribution is -0.138. The first-order chi connectivity index (χ1) is 4.72. The van der Waals surface area contributed by atoms with Crippen molar-refractivity contribution < 1.29 is 9.90 Å². The fourth-order valence-corrected chi connectivity index (χ4v) is 0.741. The molecular weight excluding hydrogens is 150 g/mol. The van der Waals surface area contributed by atoms with Gasteiger partial charge in [0.05, 0.1) is 0 Å². The van der Waals surface area contributed by atoms with Gasteiger partial charge in [0.25, 0.3) is 0 Å². The second-order valence-electron chi connectivity index (χ2n) is 1.77. The minimum atomic E-state index is -0.878. The van der Waals surface area contributed by atoms with Crippen LogP contribution in [0.2, 0.25) is 0 Å². The number of carboxylic acid groups (broad SMARTS) is 1. The van der Waals surface area contributed by atoms with Crippen molar-refractivity contribution in [1.29, 1.82) is 0 Å². The molecule has 0 fully saturated rings. The van der Waals surface area contributed by atoms with Crippen molar-refractivity contribution in [3.05, 3.63) is 12.7 Å². The number of aliphatic carboxylic acids is 1. The molecule has 0 spiro atoms. The first kappa shape index (κ1) is 9.52. The average Bonchev–Trinajstić information content (AvgIpc) is 1.89. The lowest BCUT2D eigenvalue weighted by atomic mass is 10.3. The number of rotatable bonds is 5. The molecule has 0 aliphatic heterocycles. The molecule has 0 heterocycles. The van der Waals surface area contributed by atoms with Gasteiger partial charge in [-0.1, -0.05) is 6.08 Å². The summed E-state index contributed by atoms with van der Waals surface area (Å²) >= 11 is 3.85. The zero-order chi connectivity index (χ0) is 7.98. The van der Waals surface area contributed by atoms with Crippen molar-refractivity contribution in [2.24, 2.45) is 0 Å². The molecule has 0 saturated heterocycles. The van der Waals surface area contributed by atoms with E-state index in [2.05, 4.69) is 24.5 Å². The Morgan fingerprint density at radius 2 is 2.50 bits per heavy atom. The van der Waals surface area contributed by atoms with Gasteiger partial charge in [0, 0.05) is 12.3 Å². The monoisotopic (exact) mass is 161 g/mol. The minimum absolute atomic E-state index is 0.295. The van der Waals surface area contributed by atoms with Crippen LogP contribution < -0.4 is 5.32 Å². The standard InChI is InChI=1S/C6H11NO2S/c1-2-3-7-5(4-10)6(8)9/h2,5,7,10H,1,3-4H2,(H,8,9)/t5-/m1/s1. The summed E-state index contributed by atoms with van der Waals surface area (Å²) in [5.74, 6) is -0.583. The lowest BCUT2D eigenvalue weighted by Crippen LogP contribution is -2.38. The average molecular weight is 161 g/mol. The fraction of sp³-hybridized carbons (Fsp3) is 0.500. The number of carbonyl (C=O) groups is 1. The van der Waals surface area contributed by atoms with E-state index in [1.165, 1.54) is 0 Å². The van der Waals surface area contributed by atoms with E-state index in [1.807, 2.05) is 0 Å². The summed E-state index contributed by atoms with van der Waals surface area (Å²) in [6.45, 7) is 3.94. The Morgan fingerprint density at radius 3 is 2.80 bits per heavy atom. The third kappa shape index (κ3) is 3.53. The topological polar surface area (TPSA) is 49.3 Å². The molecule has 4 heteroatoms. The molecule has 0 aromatic carbocycles. The molecule has 2 N–H and O–H groups in total. The highest BCUT2D eigenvalue weighted by atomic mass is 32.1. The molecule has 3 nitrogen and oxygen atoms in total. The summed E-state index contributed by atoms with van der Waals surface area (Å²) in [7, 11) is 0. The Bertz CT molecular complexity index is 127. The Balaban J connectivity index is 3.60. The van der Waals surface area contributed by atoms with Crippen LogP contribution in [0.3, 0.4) is 0 Å². The Labute approximate surface area is 65.5 Å². The summed E-state index contributed by atoms with van der Waals surface area (Å²) in [6, 6.07) is -0.568. The van der Waals surface area contributed by atoms with Crippen LogP contribution in [0.25, 0.3) is 0 Å². The van der Waals surface area contributed by atoms with E-state index in [1.54, 1.807) is 6.08 Å². The van der Waals surface area contributed by atoms with Gasteiger partial charge in [-0.15, -0.1) is 6.58 Å². The molecule has 58 valence electrons. The van der Waals surface area contributed by atoms with Gasteiger partial charge in [-0.25, -0.2) is 0 Å². The summed E-state index contributed by atoms with van der Waals surface area (Å²) in [6.07, 6.45) is 1.61. The summed E-state index contributed by atoms with van der Waals surface area (Å²) < 4.78 is 0. The van der Waals surface area contributed by atoms with Crippen LogP contribution in [-0.2, 0) is 4.79 Å². The zero-order valence-electron chi connectivity index (χ0n) is 5.58. The highest BCUT2D eigenvalue weighted by Crippen LogP contribution is 1.86. The maximum Gasteiger partial charge on any atom is 0.321 e. The highest BCUT2D eigenvalue weighted by Gasteiger charge is 2.12. The van der Waals surface area contributed by atoms with Gasteiger partial charge < -0.3 is 10.4 Å². The Morgan fingerprint density at radius 1 is 1.90 bits per heavy atom.